The summed E-state index contributed by atoms with van der Waals surface area (Å²) in [6, 6.07) is 13.4. The average Bonchev–Trinajstić information content (AvgIpc) is 3.26. The standard InChI is InChI=1S/C28H40O2P2/c1-17(2)25-29-21-15-11-13-19(23(21)31(25)27(5,6)7)20-14-12-16-22-24(20)32(28(8,9)10)26(30-22)18(3)4/h11-18,25-26H,1-10H3/t25-,26-,31-,32+/m0/s1. The zero-order chi connectivity index (χ0) is 23.6. The minimum Gasteiger partial charge on any atom is -0.485 e. The van der Waals surface area contributed by atoms with Crippen molar-refractivity contribution < 1.29 is 9.47 Å². The van der Waals surface area contributed by atoms with Crippen molar-refractivity contribution >= 4 is 26.5 Å². The maximum Gasteiger partial charge on any atom is 0.128 e. The Morgan fingerprint density at radius 1 is 0.625 bits per heavy atom. The minimum absolute atomic E-state index is 0.176. The molecule has 174 valence electrons. The van der Waals surface area contributed by atoms with E-state index in [1.165, 1.54) is 21.7 Å². The van der Waals surface area contributed by atoms with Crippen molar-refractivity contribution in [3.05, 3.63) is 36.4 Å². The van der Waals surface area contributed by atoms with Crippen LogP contribution in [0.1, 0.15) is 69.2 Å². The van der Waals surface area contributed by atoms with E-state index in [0.717, 1.165) is 11.5 Å². The smallest absolute Gasteiger partial charge is 0.128 e. The van der Waals surface area contributed by atoms with E-state index in [2.05, 4.69) is 106 Å². The van der Waals surface area contributed by atoms with Crippen molar-refractivity contribution in [3.63, 3.8) is 0 Å². The van der Waals surface area contributed by atoms with Crippen molar-refractivity contribution in [3.8, 4) is 22.6 Å². The van der Waals surface area contributed by atoms with Crippen LogP contribution in [0.25, 0.3) is 11.1 Å². The highest BCUT2D eigenvalue weighted by Gasteiger charge is 2.47. The van der Waals surface area contributed by atoms with Crippen LogP contribution in [0.15, 0.2) is 36.4 Å². The van der Waals surface area contributed by atoms with Crippen LogP contribution in [0.5, 0.6) is 11.5 Å². The van der Waals surface area contributed by atoms with Gasteiger partial charge >= 0.3 is 0 Å². The van der Waals surface area contributed by atoms with Crippen LogP contribution >= 0.6 is 15.8 Å². The largest absolute Gasteiger partial charge is 0.485 e. The van der Waals surface area contributed by atoms with Crippen molar-refractivity contribution in [1.82, 2.24) is 0 Å². The van der Waals surface area contributed by atoms with E-state index in [-0.39, 0.29) is 22.0 Å². The Balaban J connectivity index is 1.96. The molecule has 2 aromatic rings. The second-order valence-electron chi connectivity index (χ2n) is 11.9. The maximum absolute atomic E-state index is 6.65. The summed E-state index contributed by atoms with van der Waals surface area (Å²) in [5.74, 6) is 3.70. The van der Waals surface area contributed by atoms with Gasteiger partial charge in [-0.15, -0.1) is 0 Å². The lowest BCUT2D eigenvalue weighted by Gasteiger charge is -2.35. The Morgan fingerprint density at radius 2 is 0.969 bits per heavy atom. The molecule has 0 N–H and O–H groups in total. The van der Waals surface area contributed by atoms with Crippen LogP contribution in [0, 0.1) is 11.8 Å². The van der Waals surface area contributed by atoms with Gasteiger partial charge in [0, 0.05) is 10.6 Å². The molecule has 0 saturated heterocycles. The molecule has 2 aliphatic heterocycles. The van der Waals surface area contributed by atoms with Crippen LogP contribution in [-0.4, -0.2) is 22.0 Å². The molecular formula is C28H40O2P2. The summed E-state index contributed by atoms with van der Waals surface area (Å²) in [5.41, 5.74) is 2.74. The molecule has 0 unspecified atom stereocenters. The third kappa shape index (κ3) is 4.01. The van der Waals surface area contributed by atoms with Gasteiger partial charge in [0.05, 0.1) is 0 Å². The van der Waals surface area contributed by atoms with E-state index in [1.54, 1.807) is 0 Å². The number of rotatable bonds is 3. The Hall–Kier alpha value is -1.10. The third-order valence-corrected chi connectivity index (χ3v) is 13.6. The van der Waals surface area contributed by atoms with E-state index in [0.29, 0.717) is 11.8 Å². The number of hydrogen-bond acceptors (Lipinski definition) is 2. The summed E-state index contributed by atoms with van der Waals surface area (Å²) in [4.78, 5) is 0. The Labute approximate surface area is 198 Å². The normalized spacial score (nSPS) is 25.0. The number of benzene rings is 2. The summed E-state index contributed by atoms with van der Waals surface area (Å²) < 4.78 is 13.3. The van der Waals surface area contributed by atoms with Gasteiger partial charge in [0.25, 0.3) is 0 Å². The first kappa shape index (κ1) is 24.0. The SMILES string of the molecule is CC(C)[C@H]1Oc2cccc(-c3cccc4c3[P@](C(C)(C)C)[C@@H](C(C)C)O4)c2[P@@]1C(C)(C)C. The van der Waals surface area contributed by atoms with Gasteiger partial charge < -0.3 is 9.47 Å². The fourth-order valence-electron chi connectivity index (χ4n) is 5.09. The summed E-state index contributed by atoms with van der Waals surface area (Å²) in [6.45, 7) is 23.5. The van der Waals surface area contributed by atoms with Gasteiger partial charge in [-0.1, -0.05) is 93.5 Å². The van der Waals surface area contributed by atoms with Gasteiger partial charge in [-0.2, -0.15) is 0 Å². The van der Waals surface area contributed by atoms with Crippen molar-refractivity contribution in [2.24, 2.45) is 11.8 Å². The molecule has 0 saturated carbocycles. The van der Waals surface area contributed by atoms with E-state index < -0.39 is 15.8 Å². The Morgan fingerprint density at radius 3 is 1.25 bits per heavy atom. The first-order valence-corrected chi connectivity index (χ1v) is 14.8. The zero-order valence-electron chi connectivity index (χ0n) is 21.5. The van der Waals surface area contributed by atoms with Gasteiger partial charge in [0.1, 0.15) is 23.2 Å². The quantitative estimate of drug-likeness (QED) is 0.424. The van der Waals surface area contributed by atoms with Crippen LogP contribution in [-0.2, 0) is 0 Å². The molecule has 0 radical (unpaired) electrons. The molecule has 0 amide bonds. The summed E-state index contributed by atoms with van der Waals surface area (Å²) in [6.07, 6.45) is 0. The average molecular weight is 471 g/mol. The molecule has 4 heteroatoms. The molecule has 2 nitrogen and oxygen atoms in total. The Bertz CT molecular complexity index is 916. The van der Waals surface area contributed by atoms with E-state index >= 15 is 0 Å². The van der Waals surface area contributed by atoms with Gasteiger partial charge in [-0.05, 0) is 61.3 Å². The van der Waals surface area contributed by atoms with Gasteiger partial charge in [-0.3, -0.25) is 0 Å². The molecule has 0 spiro atoms. The summed E-state index contributed by atoms with van der Waals surface area (Å²) in [7, 11) is -0.955. The summed E-state index contributed by atoms with van der Waals surface area (Å²) in [5, 5.41) is 3.27. The predicted octanol–water partition coefficient (Wildman–Crippen LogP) is 7.91. The van der Waals surface area contributed by atoms with E-state index in [9.17, 15) is 0 Å². The second-order valence-corrected chi connectivity index (χ2v) is 18.0. The molecule has 0 bridgehead atoms. The fourth-order valence-corrected chi connectivity index (χ4v) is 11.7. The van der Waals surface area contributed by atoms with E-state index in [1.807, 2.05) is 0 Å². The fraction of sp³-hybridized carbons (Fsp3) is 0.571. The molecule has 4 atom stereocenters. The first-order valence-electron chi connectivity index (χ1n) is 12.0. The summed E-state index contributed by atoms with van der Waals surface area (Å²) >= 11 is 0. The molecular weight excluding hydrogens is 430 g/mol. The van der Waals surface area contributed by atoms with Gasteiger partial charge in [-0.25, -0.2) is 0 Å². The lowest BCUT2D eigenvalue weighted by atomic mass is 10.0. The van der Waals surface area contributed by atoms with Crippen molar-refractivity contribution in [2.75, 3.05) is 0 Å². The third-order valence-electron chi connectivity index (χ3n) is 6.36. The lowest BCUT2D eigenvalue weighted by molar-refractivity contribution is 0.239. The van der Waals surface area contributed by atoms with Gasteiger partial charge in [0.15, 0.2) is 0 Å². The molecule has 4 rings (SSSR count). The topological polar surface area (TPSA) is 18.5 Å². The highest BCUT2D eigenvalue weighted by Crippen LogP contribution is 2.64. The molecule has 0 aliphatic carbocycles. The molecule has 2 aliphatic rings. The second kappa shape index (κ2) is 8.29. The maximum atomic E-state index is 6.65. The number of ether oxygens (including phenoxy) is 2. The Kier molecular flexibility index (Phi) is 6.22. The number of fused-ring (bicyclic) bond motifs is 2. The zero-order valence-corrected chi connectivity index (χ0v) is 23.3. The molecule has 0 fully saturated rings. The number of hydrogen-bond donors (Lipinski definition) is 0. The molecule has 2 heterocycles. The van der Waals surface area contributed by atoms with Crippen LogP contribution in [0.2, 0.25) is 0 Å². The lowest BCUT2D eigenvalue weighted by Crippen LogP contribution is -2.29. The van der Waals surface area contributed by atoms with Crippen LogP contribution in [0.4, 0.5) is 0 Å². The van der Waals surface area contributed by atoms with Crippen molar-refractivity contribution in [1.29, 1.82) is 0 Å². The molecule has 2 aromatic carbocycles. The molecule has 0 aromatic heterocycles. The highest BCUT2D eigenvalue weighted by molar-refractivity contribution is 7.69. The highest BCUT2D eigenvalue weighted by atomic mass is 31.1. The van der Waals surface area contributed by atoms with Gasteiger partial charge in [0.2, 0.25) is 0 Å². The van der Waals surface area contributed by atoms with Crippen molar-refractivity contribution in [2.45, 2.75) is 91.2 Å². The van der Waals surface area contributed by atoms with Crippen LogP contribution < -0.4 is 20.1 Å². The molecule has 32 heavy (non-hydrogen) atoms. The van der Waals surface area contributed by atoms with E-state index in [4.69, 9.17) is 9.47 Å². The predicted molar refractivity (Wildman–Crippen MR) is 143 cm³/mol. The first-order chi connectivity index (χ1) is 14.8. The monoisotopic (exact) mass is 470 g/mol. The minimum atomic E-state index is -0.478. The van der Waals surface area contributed by atoms with Crippen LogP contribution in [0.3, 0.4) is 0 Å².